The number of rotatable bonds is 8. The Bertz CT molecular complexity index is 1080. The van der Waals surface area contributed by atoms with E-state index in [4.69, 9.17) is 4.74 Å². The number of esters is 1. The summed E-state index contributed by atoms with van der Waals surface area (Å²) in [5.41, 5.74) is 3.43. The molecule has 1 aliphatic rings. The molecular formula is C24H32N2O5S2. The molecule has 0 unspecified atom stereocenters. The van der Waals surface area contributed by atoms with Crippen molar-refractivity contribution in [2.24, 2.45) is 5.92 Å². The van der Waals surface area contributed by atoms with E-state index in [1.807, 2.05) is 51.3 Å². The van der Waals surface area contributed by atoms with Crippen LogP contribution in [0.15, 0.2) is 28.5 Å². The van der Waals surface area contributed by atoms with Crippen LogP contribution in [0.25, 0.3) is 0 Å². The minimum absolute atomic E-state index is 0.251. The molecule has 1 aromatic heterocycles. The van der Waals surface area contributed by atoms with Gasteiger partial charge in [-0.1, -0.05) is 12.1 Å². The molecular weight excluding hydrogens is 460 g/mol. The molecule has 0 saturated carbocycles. The van der Waals surface area contributed by atoms with Crippen LogP contribution in [0.5, 0.6) is 0 Å². The zero-order chi connectivity index (χ0) is 24.2. The maximum atomic E-state index is 13.4. The highest BCUT2D eigenvalue weighted by Gasteiger charge is 2.35. The topological polar surface area (TPSA) is 92.8 Å². The third kappa shape index (κ3) is 6.02. The van der Waals surface area contributed by atoms with Gasteiger partial charge in [0.1, 0.15) is 0 Å². The lowest BCUT2D eigenvalue weighted by Gasteiger charge is -2.31. The van der Waals surface area contributed by atoms with E-state index < -0.39 is 21.9 Å². The molecule has 1 amide bonds. The summed E-state index contributed by atoms with van der Waals surface area (Å²) in [6, 6.07) is 5.97. The number of carbonyl (C=O) groups excluding carboxylic acids is 2. The van der Waals surface area contributed by atoms with Crippen molar-refractivity contribution in [2.45, 2.75) is 51.9 Å². The molecule has 7 nitrogen and oxygen atoms in total. The van der Waals surface area contributed by atoms with Gasteiger partial charge in [-0.05, 0) is 80.7 Å². The summed E-state index contributed by atoms with van der Waals surface area (Å²) in [6.07, 6.45) is 1.49. The van der Waals surface area contributed by atoms with Gasteiger partial charge in [-0.2, -0.15) is 4.31 Å². The van der Waals surface area contributed by atoms with Crippen molar-refractivity contribution in [3.63, 3.8) is 0 Å². The first-order valence-electron chi connectivity index (χ1n) is 11.1. The molecule has 9 heteroatoms. The molecule has 0 atom stereocenters. The molecule has 1 aliphatic heterocycles. The van der Waals surface area contributed by atoms with E-state index >= 15 is 0 Å². The summed E-state index contributed by atoms with van der Waals surface area (Å²) in [6.45, 7) is 8.19. The molecule has 1 saturated heterocycles. The summed E-state index contributed by atoms with van der Waals surface area (Å²) >= 11 is 1.63. The van der Waals surface area contributed by atoms with Crippen LogP contribution in [0.2, 0.25) is 0 Å². The first-order valence-corrected chi connectivity index (χ1v) is 13.5. The number of hydrogen-bond donors (Lipinski definition) is 1. The normalized spacial score (nSPS) is 15.4. The molecule has 3 rings (SSSR count). The second-order valence-corrected chi connectivity index (χ2v) is 11.5. The van der Waals surface area contributed by atoms with Gasteiger partial charge >= 0.3 is 5.97 Å². The zero-order valence-electron chi connectivity index (χ0n) is 19.6. The predicted octanol–water partition coefficient (Wildman–Crippen LogP) is 3.28. The first-order chi connectivity index (χ1) is 15.6. The fourth-order valence-corrected chi connectivity index (χ4v) is 6.87. The molecule has 0 spiro atoms. The minimum atomic E-state index is -3.65. The van der Waals surface area contributed by atoms with Crippen LogP contribution >= 0.6 is 11.3 Å². The molecule has 0 bridgehead atoms. The Morgan fingerprint density at radius 3 is 2.33 bits per heavy atom. The average molecular weight is 493 g/mol. The minimum Gasteiger partial charge on any atom is -0.455 e. The number of aryl methyl sites for hydroxylation is 2. The van der Waals surface area contributed by atoms with Crippen molar-refractivity contribution >= 4 is 33.2 Å². The van der Waals surface area contributed by atoms with Gasteiger partial charge in [-0.15, -0.1) is 11.3 Å². The quantitative estimate of drug-likeness (QED) is 0.571. The van der Waals surface area contributed by atoms with Crippen molar-refractivity contribution < 1.29 is 22.7 Å². The lowest BCUT2D eigenvalue weighted by molar-refractivity contribution is -0.153. The van der Waals surface area contributed by atoms with Crippen molar-refractivity contribution in [1.82, 2.24) is 9.62 Å². The molecule has 1 fully saturated rings. The number of piperidine rings is 1. The van der Waals surface area contributed by atoms with Crippen molar-refractivity contribution in [3.8, 4) is 0 Å². The third-order valence-electron chi connectivity index (χ3n) is 6.30. The van der Waals surface area contributed by atoms with Crippen LogP contribution < -0.4 is 5.32 Å². The smallest absolute Gasteiger partial charge is 0.309 e. The van der Waals surface area contributed by atoms with Crippen LogP contribution in [0, 0.1) is 33.6 Å². The van der Waals surface area contributed by atoms with Gasteiger partial charge < -0.3 is 10.1 Å². The van der Waals surface area contributed by atoms with E-state index in [0.29, 0.717) is 24.3 Å². The van der Waals surface area contributed by atoms with Gasteiger partial charge in [0, 0.05) is 24.5 Å². The standard InChI is InChI=1S/C24H32N2O5S2/c1-16-14-17(2)19(4)23(18(16)3)33(29,30)26-11-8-20(9-12-26)24(28)31-15-22(27)25-10-7-21-6-5-13-32-21/h5-6,13-14,20H,7-12,15H2,1-4H3,(H,25,27). The number of amides is 1. The zero-order valence-corrected chi connectivity index (χ0v) is 21.3. The van der Waals surface area contributed by atoms with Gasteiger partial charge in [-0.3, -0.25) is 9.59 Å². The molecule has 1 aromatic carbocycles. The van der Waals surface area contributed by atoms with Gasteiger partial charge in [0.25, 0.3) is 5.91 Å². The van der Waals surface area contributed by atoms with Crippen LogP contribution in [-0.4, -0.2) is 50.8 Å². The summed E-state index contributed by atoms with van der Waals surface area (Å²) in [4.78, 5) is 25.9. The van der Waals surface area contributed by atoms with E-state index in [0.717, 1.165) is 28.7 Å². The number of sulfonamides is 1. The van der Waals surface area contributed by atoms with Crippen LogP contribution in [0.1, 0.15) is 40.0 Å². The Morgan fingerprint density at radius 2 is 1.76 bits per heavy atom. The van der Waals surface area contributed by atoms with Gasteiger partial charge in [0.15, 0.2) is 6.61 Å². The van der Waals surface area contributed by atoms with Crippen molar-refractivity contribution in [2.75, 3.05) is 26.2 Å². The highest BCUT2D eigenvalue weighted by Crippen LogP contribution is 2.31. The Hall–Kier alpha value is -2.23. The highest BCUT2D eigenvalue weighted by atomic mass is 32.2. The molecule has 1 N–H and O–H groups in total. The van der Waals surface area contributed by atoms with Crippen LogP contribution in [0.3, 0.4) is 0 Å². The average Bonchev–Trinajstić information content (AvgIpc) is 3.30. The van der Waals surface area contributed by atoms with Crippen molar-refractivity contribution in [3.05, 3.63) is 50.7 Å². The van der Waals surface area contributed by atoms with Gasteiger partial charge in [0.2, 0.25) is 10.0 Å². The molecule has 2 aromatic rings. The maximum absolute atomic E-state index is 13.4. The molecule has 0 aliphatic carbocycles. The van der Waals surface area contributed by atoms with Crippen LogP contribution in [-0.2, 0) is 30.8 Å². The third-order valence-corrected chi connectivity index (χ3v) is 9.41. The molecule has 0 radical (unpaired) electrons. The number of nitrogens with zero attached hydrogens (tertiary/aromatic N) is 1. The summed E-state index contributed by atoms with van der Waals surface area (Å²) in [5.74, 6) is -1.18. The SMILES string of the molecule is Cc1cc(C)c(C)c(S(=O)(=O)N2CCC(C(=O)OCC(=O)NCCc3cccs3)CC2)c1C. The predicted molar refractivity (Wildman–Crippen MR) is 129 cm³/mol. The number of hydrogen-bond acceptors (Lipinski definition) is 6. The molecule has 2 heterocycles. The molecule has 180 valence electrons. The summed E-state index contributed by atoms with van der Waals surface area (Å²) in [7, 11) is -3.65. The number of ether oxygens (including phenoxy) is 1. The fraction of sp³-hybridized carbons (Fsp3) is 0.500. The summed E-state index contributed by atoms with van der Waals surface area (Å²) in [5, 5.41) is 4.73. The first kappa shape index (κ1) is 25.4. The highest BCUT2D eigenvalue weighted by molar-refractivity contribution is 7.89. The number of benzene rings is 1. The van der Waals surface area contributed by atoms with Gasteiger partial charge in [0.05, 0.1) is 10.8 Å². The van der Waals surface area contributed by atoms with E-state index in [9.17, 15) is 18.0 Å². The van der Waals surface area contributed by atoms with Crippen LogP contribution in [0.4, 0.5) is 0 Å². The Morgan fingerprint density at radius 1 is 1.12 bits per heavy atom. The van der Waals surface area contributed by atoms with Gasteiger partial charge in [-0.25, -0.2) is 8.42 Å². The van der Waals surface area contributed by atoms with E-state index in [2.05, 4.69) is 5.32 Å². The lowest BCUT2D eigenvalue weighted by Crippen LogP contribution is -2.41. The molecule has 33 heavy (non-hydrogen) atoms. The number of carbonyl (C=O) groups is 2. The van der Waals surface area contributed by atoms with E-state index in [1.54, 1.807) is 11.3 Å². The second-order valence-electron chi connectivity index (χ2n) is 8.55. The number of nitrogens with one attached hydrogen (secondary N) is 1. The van der Waals surface area contributed by atoms with E-state index in [1.165, 1.54) is 9.18 Å². The Balaban J connectivity index is 1.50. The van der Waals surface area contributed by atoms with Crippen molar-refractivity contribution in [1.29, 1.82) is 0 Å². The number of thiophene rings is 1. The Kier molecular flexibility index (Phi) is 8.31. The van der Waals surface area contributed by atoms with E-state index in [-0.39, 0.29) is 25.6 Å². The monoisotopic (exact) mass is 492 g/mol. The summed E-state index contributed by atoms with van der Waals surface area (Å²) < 4.78 is 33.4. The maximum Gasteiger partial charge on any atom is 0.309 e. The lowest BCUT2D eigenvalue weighted by atomic mass is 9.98. The Labute approximate surface area is 200 Å². The largest absolute Gasteiger partial charge is 0.455 e. The fourth-order valence-electron chi connectivity index (χ4n) is 4.11. The second kappa shape index (κ2) is 10.8.